The van der Waals surface area contributed by atoms with E-state index in [-0.39, 0.29) is 34.8 Å². The smallest absolute Gasteiger partial charge is 0.374 e. The van der Waals surface area contributed by atoms with Crippen LogP contribution >= 0.6 is 0 Å². The highest BCUT2D eigenvalue weighted by molar-refractivity contribution is 5.72. The fraction of sp³-hybridized carbons (Fsp3) is 0.721. The molecular weight excluding hydrogens is 920 g/mol. The van der Waals surface area contributed by atoms with E-state index in [0.29, 0.717) is 0 Å². The number of hydrogen-bond donors (Lipinski definition) is 0. The second kappa shape index (κ2) is 33.3. The van der Waals surface area contributed by atoms with E-state index in [2.05, 4.69) is 119 Å². The maximum Gasteiger partial charge on any atom is 0.374 e. The number of ether oxygens (including phenoxy) is 1. The molecule has 4 rings (SSSR count). The highest BCUT2D eigenvalue weighted by Crippen LogP contribution is 2.42. The summed E-state index contributed by atoms with van der Waals surface area (Å²) in [5, 5.41) is 0. The van der Waals surface area contributed by atoms with Crippen molar-refractivity contribution >= 4 is 22.9 Å². The van der Waals surface area contributed by atoms with Crippen molar-refractivity contribution in [1.29, 1.82) is 0 Å². The van der Waals surface area contributed by atoms with Crippen LogP contribution in [-0.4, -0.2) is 6.54 Å². The number of halogens is 1. The summed E-state index contributed by atoms with van der Waals surface area (Å²) < 4.78 is 15.6. The van der Waals surface area contributed by atoms with Crippen molar-refractivity contribution in [2.75, 3.05) is 11.4 Å². The van der Waals surface area contributed by atoms with Crippen LogP contribution in [0, 0.1) is 0 Å². The van der Waals surface area contributed by atoms with Crippen LogP contribution < -0.4 is 38.2 Å². The quantitative estimate of drug-likeness (QED) is 0.0330. The number of oxazole rings is 1. The average Bonchev–Trinajstić information content (AvgIpc) is 3.81. The van der Waals surface area contributed by atoms with E-state index in [0.717, 1.165) is 36.2 Å². The molecule has 0 N–H and O–H groups in total. The third-order valence-electron chi connectivity index (χ3n) is 14.1. The molecule has 2 aromatic carbocycles. The number of aromatic nitrogens is 1. The van der Waals surface area contributed by atoms with E-state index in [1.54, 1.807) is 0 Å². The summed E-state index contributed by atoms with van der Waals surface area (Å²) in [4.78, 5) is 2.43. The van der Waals surface area contributed by atoms with Crippen LogP contribution in [0.4, 0.5) is 5.69 Å². The van der Waals surface area contributed by atoms with Crippen molar-refractivity contribution in [3.8, 4) is 5.75 Å². The van der Waals surface area contributed by atoms with Gasteiger partial charge in [0.1, 0.15) is 0 Å². The molecular formula is C61H101IN2O2. The molecule has 5 heteroatoms. The summed E-state index contributed by atoms with van der Waals surface area (Å²) in [7, 11) is 0. The summed E-state index contributed by atoms with van der Waals surface area (Å²) in [6.45, 7) is 20.4. The minimum absolute atomic E-state index is 0. The number of benzene rings is 2. The first-order valence-electron chi connectivity index (χ1n) is 28.0. The topological polar surface area (TPSA) is 29.5 Å². The van der Waals surface area contributed by atoms with Crippen molar-refractivity contribution in [3.05, 3.63) is 71.5 Å². The summed E-state index contributed by atoms with van der Waals surface area (Å²) in [5.74, 6) is 2.80. The largest absolute Gasteiger partial charge is 1.00 e. The lowest BCUT2D eigenvalue weighted by molar-refractivity contribution is -0.678. The number of anilines is 1. The van der Waals surface area contributed by atoms with Gasteiger partial charge in [-0.05, 0) is 65.1 Å². The molecule has 374 valence electrons. The molecule has 0 aliphatic carbocycles. The van der Waals surface area contributed by atoms with Crippen LogP contribution in [0.1, 0.15) is 278 Å². The summed E-state index contributed by atoms with van der Waals surface area (Å²) in [5.41, 5.74) is 6.22. The second-order valence-electron chi connectivity index (χ2n) is 22.2. The van der Waals surface area contributed by atoms with Gasteiger partial charge in [0.25, 0.3) is 5.52 Å². The van der Waals surface area contributed by atoms with Crippen LogP contribution in [0.2, 0.25) is 0 Å². The minimum atomic E-state index is 0. The van der Waals surface area contributed by atoms with Crippen molar-refractivity contribution in [3.63, 3.8) is 0 Å². The Morgan fingerprint density at radius 3 is 1.36 bits per heavy atom. The fourth-order valence-electron chi connectivity index (χ4n) is 9.69. The molecule has 0 fully saturated rings. The normalized spacial score (nSPS) is 13.6. The Morgan fingerprint density at radius 1 is 0.500 bits per heavy atom. The molecule has 0 unspecified atom stereocenters. The summed E-state index contributed by atoms with van der Waals surface area (Å²) in [6.07, 6.45) is 50.8. The van der Waals surface area contributed by atoms with Gasteiger partial charge in [-0.3, -0.25) is 0 Å². The average molecular weight is 1020 g/mol. The molecule has 0 spiro atoms. The van der Waals surface area contributed by atoms with Gasteiger partial charge < -0.3 is 38.0 Å². The van der Waals surface area contributed by atoms with Gasteiger partial charge in [0.05, 0.1) is 11.8 Å². The number of aryl methyl sites for hydroxylation is 1. The first kappa shape index (κ1) is 58.0. The number of hydrogen-bond acceptors (Lipinski definition) is 3. The second-order valence-corrected chi connectivity index (χ2v) is 22.2. The van der Waals surface area contributed by atoms with E-state index < -0.39 is 0 Å². The van der Waals surface area contributed by atoms with Crippen LogP contribution in [-0.2, 0) is 17.4 Å². The third-order valence-corrected chi connectivity index (χ3v) is 14.1. The molecule has 4 nitrogen and oxygen atoms in total. The number of unbranched alkanes of at least 4 members (excludes halogenated alkanes) is 30. The Kier molecular flexibility index (Phi) is 29.3. The van der Waals surface area contributed by atoms with Crippen molar-refractivity contribution in [1.82, 2.24) is 0 Å². The SMILES string of the molecule is CCCCCCCCCCCCCCCCCCN1/C(=C/C=C/c2oc3ccc(C(C)(C)C)cc3[n+]2CCCCCCCCCCCCCCCCCC)Oc2ccc(C(C)(C)C)cc21.[I-]. The van der Waals surface area contributed by atoms with Crippen molar-refractivity contribution in [2.24, 2.45) is 0 Å². The van der Waals surface area contributed by atoms with E-state index in [9.17, 15) is 0 Å². The van der Waals surface area contributed by atoms with Gasteiger partial charge in [0.2, 0.25) is 11.5 Å². The van der Waals surface area contributed by atoms with Gasteiger partial charge in [0.15, 0.2) is 12.3 Å². The van der Waals surface area contributed by atoms with Crippen LogP contribution in [0.3, 0.4) is 0 Å². The molecule has 0 amide bonds. The van der Waals surface area contributed by atoms with E-state index in [4.69, 9.17) is 9.15 Å². The maximum absolute atomic E-state index is 6.61. The molecule has 66 heavy (non-hydrogen) atoms. The summed E-state index contributed by atoms with van der Waals surface area (Å²) >= 11 is 0. The lowest BCUT2D eigenvalue weighted by Crippen LogP contribution is -3.00. The van der Waals surface area contributed by atoms with Gasteiger partial charge in [-0.25, -0.2) is 0 Å². The zero-order valence-corrected chi connectivity index (χ0v) is 46.5. The lowest BCUT2D eigenvalue weighted by atomic mass is 9.87. The third kappa shape index (κ3) is 22.0. The van der Waals surface area contributed by atoms with E-state index in [1.165, 1.54) is 228 Å². The highest BCUT2D eigenvalue weighted by Gasteiger charge is 2.28. The zero-order chi connectivity index (χ0) is 46.6. The predicted molar refractivity (Wildman–Crippen MR) is 284 cm³/mol. The van der Waals surface area contributed by atoms with Crippen LogP contribution in [0.15, 0.2) is 58.9 Å². The zero-order valence-electron chi connectivity index (χ0n) is 44.3. The van der Waals surface area contributed by atoms with Crippen LogP contribution in [0.25, 0.3) is 17.2 Å². The van der Waals surface area contributed by atoms with Gasteiger partial charge in [-0.1, -0.05) is 254 Å². The molecule has 0 bridgehead atoms. The number of allylic oxidation sites excluding steroid dienone is 2. The Morgan fingerprint density at radius 2 is 0.909 bits per heavy atom. The predicted octanol–water partition coefficient (Wildman–Crippen LogP) is 16.6. The molecule has 0 radical (unpaired) electrons. The Balaban J connectivity index is 0.0000116. The van der Waals surface area contributed by atoms with Gasteiger partial charge in [0, 0.05) is 19.0 Å². The minimum Gasteiger partial charge on any atom is -1.00 e. The maximum atomic E-state index is 6.61. The molecule has 1 aliphatic heterocycles. The molecule has 0 atom stereocenters. The van der Waals surface area contributed by atoms with E-state index >= 15 is 0 Å². The number of rotatable bonds is 36. The van der Waals surface area contributed by atoms with Crippen molar-refractivity contribution < 1.29 is 37.7 Å². The molecule has 0 saturated heterocycles. The first-order valence-corrected chi connectivity index (χ1v) is 28.0. The monoisotopic (exact) mass is 1020 g/mol. The molecule has 0 saturated carbocycles. The van der Waals surface area contributed by atoms with Gasteiger partial charge >= 0.3 is 5.89 Å². The lowest BCUT2D eigenvalue weighted by Gasteiger charge is -2.22. The Labute approximate surface area is 425 Å². The number of nitrogens with zero attached hydrogens (tertiary/aromatic N) is 2. The van der Waals surface area contributed by atoms with Crippen LogP contribution in [0.5, 0.6) is 5.75 Å². The molecule has 3 aromatic rings. The standard InChI is InChI=1S/C61H101N2O2.HI/c1-9-11-13-15-17-19-21-23-25-27-29-31-33-35-37-39-48-62-54-50-52(60(3,4)5)44-46-56(54)64-58(62)42-41-43-59-63(55-51-53(61(6,7)8)45-47-57(55)65-59)49-40-38-36-34-32-30-28-26-24-22-20-18-16-14-12-10-2;/h41-47,50-51H,9-40,48-49H2,1-8H3;1H/q+1;/p-1. The Hall–Kier alpha value is -2.28. The first-order chi connectivity index (χ1) is 31.5. The van der Waals surface area contributed by atoms with Gasteiger partial charge in [-0.15, -0.1) is 0 Å². The molecule has 2 heterocycles. The number of fused-ring (bicyclic) bond motifs is 2. The molecule has 1 aromatic heterocycles. The van der Waals surface area contributed by atoms with Gasteiger partial charge in [-0.2, -0.15) is 4.57 Å². The fourth-order valence-corrected chi connectivity index (χ4v) is 9.69. The highest BCUT2D eigenvalue weighted by atomic mass is 127. The summed E-state index contributed by atoms with van der Waals surface area (Å²) in [6, 6.07) is 13.6. The molecule has 1 aliphatic rings. The van der Waals surface area contributed by atoms with E-state index in [1.807, 2.05) is 0 Å². The Bertz CT molecular complexity index is 1770. The van der Waals surface area contributed by atoms with Crippen molar-refractivity contribution in [2.45, 2.75) is 278 Å².